The fraction of sp³-hybridized carbons (Fsp3) is 0.320. The van der Waals surface area contributed by atoms with E-state index in [2.05, 4.69) is 0 Å². The van der Waals surface area contributed by atoms with Crippen LogP contribution >= 0.6 is 0 Å². The lowest BCUT2D eigenvalue weighted by Crippen LogP contribution is -2.50. The zero-order valence-electron chi connectivity index (χ0n) is 18.8. The van der Waals surface area contributed by atoms with Crippen molar-refractivity contribution in [3.05, 3.63) is 65.5 Å². The van der Waals surface area contributed by atoms with E-state index >= 15 is 0 Å². The molecule has 7 nitrogen and oxygen atoms in total. The molecule has 174 valence electrons. The van der Waals surface area contributed by atoms with E-state index in [0.29, 0.717) is 44.0 Å². The number of ether oxygens (including phenoxy) is 2. The molecule has 1 saturated heterocycles. The normalized spacial score (nSPS) is 13.8. The minimum absolute atomic E-state index is 0.195. The number of halogens is 1. The van der Waals surface area contributed by atoms with Gasteiger partial charge in [-0.15, -0.1) is 0 Å². The Balaban J connectivity index is 1.44. The van der Waals surface area contributed by atoms with E-state index in [0.717, 1.165) is 11.3 Å². The number of ketones is 1. The first kappa shape index (κ1) is 24.0. The summed E-state index contributed by atoms with van der Waals surface area (Å²) in [5, 5.41) is 0. The van der Waals surface area contributed by atoms with Gasteiger partial charge >= 0.3 is 5.97 Å². The highest BCUT2D eigenvalue weighted by Crippen LogP contribution is 2.22. The summed E-state index contributed by atoms with van der Waals surface area (Å²) >= 11 is 0. The molecule has 0 N–H and O–H groups in total. The van der Waals surface area contributed by atoms with Gasteiger partial charge in [0.05, 0.1) is 12.3 Å². The van der Waals surface area contributed by atoms with E-state index in [4.69, 9.17) is 9.47 Å². The van der Waals surface area contributed by atoms with Gasteiger partial charge in [-0.2, -0.15) is 0 Å². The topological polar surface area (TPSA) is 76.2 Å². The van der Waals surface area contributed by atoms with Crippen LogP contribution in [-0.2, 0) is 14.3 Å². The van der Waals surface area contributed by atoms with Crippen LogP contribution in [0.4, 0.5) is 10.1 Å². The molecular weight excluding hydrogens is 427 g/mol. The lowest BCUT2D eigenvalue weighted by atomic mass is 10.1. The van der Waals surface area contributed by atoms with Crippen LogP contribution in [0, 0.1) is 5.82 Å². The van der Waals surface area contributed by atoms with Crippen molar-refractivity contribution in [1.82, 2.24) is 4.90 Å². The average molecular weight is 454 g/mol. The van der Waals surface area contributed by atoms with Crippen molar-refractivity contribution in [2.45, 2.75) is 13.8 Å². The summed E-state index contributed by atoms with van der Waals surface area (Å²) in [6.07, 6.45) is 2.88. The summed E-state index contributed by atoms with van der Waals surface area (Å²) in [5.41, 5.74) is 1.53. The molecule has 0 spiro atoms. The van der Waals surface area contributed by atoms with E-state index in [1.165, 1.54) is 19.1 Å². The van der Waals surface area contributed by atoms with Crippen LogP contribution in [-0.4, -0.2) is 62.0 Å². The van der Waals surface area contributed by atoms with Crippen LogP contribution in [0.25, 0.3) is 6.08 Å². The number of Topliss-reactive ketones (excluding diaryl/α,β-unsaturated/α-hetero) is 1. The van der Waals surface area contributed by atoms with Gasteiger partial charge in [0.25, 0.3) is 5.91 Å². The lowest BCUT2D eigenvalue weighted by Gasteiger charge is -2.36. The van der Waals surface area contributed by atoms with Gasteiger partial charge < -0.3 is 19.3 Å². The maximum Gasteiger partial charge on any atom is 0.331 e. The monoisotopic (exact) mass is 454 g/mol. The fourth-order valence-corrected chi connectivity index (χ4v) is 3.46. The predicted octanol–water partition coefficient (Wildman–Crippen LogP) is 3.33. The molecule has 0 saturated carbocycles. The summed E-state index contributed by atoms with van der Waals surface area (Å²) in [7, 11) is 0. The molecule has 1 aliphatic rings. The molecule has 8 heteroatoms. The number of rotatable bonds is 8. The van der Waals surface area contributed by atoms with E-state index in [1.54, 1.807) is 35.2 Å². The highest BCUT2D eigenvalue weighted by molar-refractivity contribution is 5.94. The van der Waals surface area contributed by atoms with Crippen molar-refractivity contribution in [2.24, 2.45) is 0 Å². The first-order chi connectivity index (χ1) is 15.9. The molecule has 0 radical (unpaired) electrons. The number of nitrogens with zero attached hydrogens (tertiary/aromatic N) is 2. The quantitative estimate of drug-likeness (QED) is 0.346. The second-order valence-corrected chi connectivity index (χ2v) is 7.53. The Morgan fingerprint density at radius 2 is 1.73 bits per heavy atom. The lowest BCUT2D eigenvalue weighted by molar-refractivity contribution is -0.148. The van der Waals surface area contributed by atoms with Gasteiger partial charge in [-0.3, -0.25) is 9.59 Å². The number of benzene rings is 2. The van der Waals surface area contributed by atoms with Crippen molar-refractivity contribution < 1.29 is 28.2 Å². The molecule has 33 heavy (non-hydrogen) atoms. The molecule has 1 heterocycles. The van der Waals surface area contributed by atoms with Crippen LogP contribution in [0.2, 0.25) is 0 Å². The second kappa shape index (κ2) is 11.3. The van der Waals surface area contributed by atoms with Crippen LogP contribution in [0.15, 0.2) is 48.5 Å². The van der Waals surface area contributed by atoms with Gasteiger partial charge in [0.2, 0.25) is 0 Å². The number of piperazine rings is 1. The van der Waals surface area contributed by atoms with Gasteiger partial charge in [0.15, 0.2) is 12.4 Å². The minimum atomic E-state index is -0.608. The highest BCUT2D eigenvalue weighted by atomic mass is 19.1. The Bertz CT molecular complexity index is 1030. The Kier molecular flexibility index (Phi) is 8.18. The summed E-state index contributed by atoms with van der Waals surface area (Å²) in [5.74, 6) is -0.817. The van der Waals surface area contributed by atoms with E-state index < -0.39 is 11.8 Å². The largest absolute Gasteiger partial charge is 0.494 e. The standard InChI is InChI=1S/C25H27FN2O5/c1-3-32-21-8-4-19(5-9-21)6-11-25(31)33-17-24(30)28-14-12-27(13-15-28)23-10-7-20(18(2)29)16-22(23)26/h4-11,16H,3,12-15,17H2,1-2H3/b11-6+. The van der Waals surface area contributed by atoms with Crippen LogP contribution in [0.3, 0.4) is 0 Å². The molecule has 1 aliphatic heterocycles. The van der Waals surface area contributed by atoms with Crippen molar-refractivity contribution in [1.29, 1.82) is 0 Å². The van der Waals surface area contributed by atoms with E-state index in [-0.39, 0.29) is 18.3 Å². The smallest absolute Gasteiger partial charge is 0.331 e. The summed E-state index contributed by atoms with van der Waals surface area (Å²) in [6, 6.07) is 11.7. The summed E-state index contributed by atoms with van der Waals surface area (Å²) in [6.45, 7) is 5.16. The van der Waals surface area contributed by atoms with Gasteiger partial charge in [-0.05, 0) is 55.8 Å². The number of carbonyl (C=O) groups excluding carboxylic acids is 3. The van der Waals surface area contributed by atoms with Gasteiger partial charge in [-0.1, -0.05) is 12.1 Å². The van der Waals surface area contributed by atoms with Crippen molar-refractivity contribution in [2.75, 3.05) is 44.3 Å². The number of esters is 1. The van der Waals surface area contributed by atoms with Crippen LogP contribution in [0.1, 0.15) is 29.8 Å². The van der Waals surface area contributed by atoms with Gasteiger partial charge in [-0.25, -0.2) is 9.18 Å². The van der Waals surface area contributed by atoms with E-state index in [9.17, 15) is 18.8 Å². The summed E-state index contributed by atoms with van der Waals surface area (Å²) in [4.78, 5) is 39.1. The zero-order chi connectivity index (χ0) is 23.8. The predicted molar refractivity (Wildman–Crippen MR) is 123 cm³/mol. The highest BCUT2D eigenvalue weighted by Gasteiger charge is 2.23. The molecule has 3 rings (SSSR count). The molecule has 1 fully saturated rings. The van der Waals surface area contributed by atoms with Gasteiger partial charge in [0.1, 0.15) is 11.6 Å². The molecule has 0 unspecified atom stereocenters. The van der Waals surface area contributed by atoms with Gasteiger partial charge in [0, 0.05) is 37.8 Å². The third-order valence-electron chi connectivity index (χ3n) is 5.27. The van der Waals surface area contributed by atoms with Crippen LogP contribution in [0.5, 0.6) is 5.75 Å². The number of amides is 1. The van der Waals surface area contributed by atoms with Crippen molar-refractivity contribution >= 4 is 29.4 Å². The molecule has 0 atom stereocenters. The molecular formula is C25H27FN2O5. The molecule has 1 amide bonds. The van der Waals surface area contributed by atoms with Crippen LogP contribution < -0.4 is 9.64 Å². The molecule has 2 aromatic carbocycles. The molecule has 0 aliphatic carbocycles. The third-order valence-corrected chi connectivity index (χ3v) is 5.27. The number of anilines is 1. The Morgan fingerprint density at radius 3 is 2.33 bits per heavy atom. The second-order valence-electron chi connectivity index (χ2n) is 7.53. The number of hydrogen-bond acceptors (Lipinski definition) is 6. The Labute approximate surface area is 192 Å². The zero-order valence-corrected chi connectivity index (χ0v) is 18.8. The van der Waals surface area contributed by atoms with Crippen molar-refractivity contribution in [3.8, 4) is 5.75 Å². The third kappa shape index (κ3) is 6.65. The molecule has 0 aromatic heterocycles. The maximum atomic E-state index is 14.4. The summed E-state index contributed by atoms with van der Waals surface area (Å²) < 4.78 is 24.8. The van der Waals surface area contributed by atoms with Crippen molar-refractivity contribution in [3.63, 3.8) is 0 Å². The minimum Gasteiger partial charge on any atom is -0.494 e. The first-order valence-electron chi connectivity index (χ1n) is 10.8. The number of carbonyl (C=O) groups is 3. The fourth-order valence-electron chi connectivity index (χ4n) is 3.46. The molecule has 2 aromatic rings. The van der Waals surface area contributed by atoms with E-state index in [1.807, 2.05) is 24.0 Å². The first-order valence-corrected chi connectivity index (χ1v) is 10.8. The number of hydrogen-bond donors (Lipinski definition) is 0. The molecule has 0 bridgehead atoms. The SMILES string of the molecule is CCOc1ccc(/C=C/C(=O)OCC(=O)N2CCN(c3ccc(C(C)=O)cc3F)CC2)cc1. The Morgan fingerprint density at radius 1 is 1.03 bits per heavy atom. The average Bonchev–Trinajstić information content (AvgIpc) is 2.82. The maximum absolute atomic E-state index is 14.4. The Hall–Kier alpha value is -3.68.